The number of nitrogens with zero attached hydrogens (tertiary/aromatic N) is 1. The van der Waals surface area contributed by atoms with Crippen LogP contribution in [-0.2, 0) is 5.88 Å². The van der Waals surface area contributed by atoms with Crippen molar-refractivity contribution in [2.75, 3.05) is 18.0 Å². The Morgan fingerprint density at radius 2 is 1.53 bits per heavy atom. The van der Waals surface area contributed by atoms with Gasteiger partial charge in [-0.15, -0.1) is 11.6 Å². The van der Waals surface area contributed by atoms with Crippen LogP contribution in [0.3, 0.4) is 0 Å². The predicted molar refractivity (Wildman–Crippen MR) is 83.0 cm³/mol. The summed E-state index contributed by atoms with van der Waals surface area (Å²) in [6.07, 6.45) is 10.1. The molecule has 2 fully saturated rings. The monoisotopic (exact) mass is 277 g/mol. The molecule has 1 saturated heterocycles. The Hall–Kier alpha value is -0.690. The molecule has 1 saturated carbocycles. The molecule has 1 heterocycles. The molecule has 0 N–H and O–H groups in total. The lowest BCUT2D eigenvalue weighted by molar-refractivity contribution is 0.144. The summed E-state index contributed by atoms with van der Waals surface area (Å²) in [5, 5.41) is 0. The molecule has 0 amide bonds. The molecule has 1 aliphatic heterocycles. The summed E-state index contributed by atoms with van der Waals surface area (Å²) in [6.45, 7) is 2.47. The molecule has 1 aliphatic carbocycles. The molecule has 0 unspecified atom stereocenters. The first-order valence-corrected chi connectivity index (χ1v) is 8.25. The van der Waals surface area contributed by atoms with E-state index in [0.29, 0.717) is 11.3 Å². The maximum Gasteiger partial charge on any atom is 0.0474 e. The Bertz CT molecular complexity index is 396. The quantitative estimate of drug-likeness (QED) is 0.690. The van der Waals surface area contributed by atoms with Gasteiger partial charge in [-0.05, 0) is 48.8 Å². The van der Waals surface area contributed by atoms with Crippen molar-refractivity contribution in [1.82, 2.24) is 0 Å². The molecule has 104 valence electrons. The van der Waals surface area contributed by atoms with Gasteiger partial charge in [0.2, 0.25) is 0 Å². The van der Waals surface area contributed by atoms with Gasteiger partial charge in [-0.2, -0.15) is 0 Å². The summed E-state index contributed by atoms with van der Waals surface area (Å²) in [7, 11) is 0. The van der Waals surface area contributed by atoms with Crippen LogP contribution in [0.15, 0.2) is 24.3 Å². The third-order valence-corrected chi connectivity index (χ3v) is 5.50. The minimum Gasteiger partial charge on any atom is -0.371 e. The molecule has 1 aromatic rings. The third-order valence-electron chi connectivity index (χ3n) is 5.19. The van der Waals surface area contributed by atoms with E-state index in [9.17, 15) is 0 Å². The lowest BCUT2D eigenvalue weighted by Gasteiger charge is -2.45. The summed E-state index contributed by atoms with van der Waals surface area (Å²) < 4.78 is 0. The smallest absolute Gasteiger partial charge is 0.0474 e. The molecule has 2 heteroatoms. The van der Waals surface area contributed by atoms with Crippen molar-refractivity contribution in [3.05, 3.63) is 29.8 Å². The molecular weight excluding hydrogens is 254 g/mol. The minimum atomic E-state index is 0.614. The second kappa shape index (κ2) is 5.75. The van der Waals surface area contributed by atoms with Gasteiger partial charge in [0.05, 0.1) is 0 Å². The van der Waals surface area contributed by atoms with E-state index in [1.807, 2.05) is 0 Å². The van der Waals surface area contributed by atoms with Crippen molar-refractivity contribution in [1.29, 1.82) is 0 Å². The molecule has 19 heavy (non-hydrogen) atoms. The Balaban J connectivity index is 1.62. The fourth-order valence-corrected chi connectivity index (χ4v) is 4.02. The highest BCUT2D eigenvalue weighted by atomic mass is 35.5. The predicted octanol–water partition coefficient (Wildman–Crippen LogP) is 4.98. The molecule has 2 aliphatic rings. The Kier molecular flexibility index (Phi) is 4.02. The van der Waals surface area contributed by atoms with Crippen molar-refractivity contribution in [3.63, 3.8) is 0 Å². The molecule has 3 rings (SSSR count). The molecule has 1 spiro atoms. The maximum absolute atomic E-state index is 5.85. The van der Waals surface area contributed by atoms with E-state index in [1.54, 1.807) is 0 Å². The fraction of sp³-hybridized carbons (Fsp3) is 0.647. The normalized spacial score (nSPS) is 22.7. The first-order valence-electron chi connectivity index (χ1n) is 7.71. The highest BCUT2D eigenvalue weighted by Gasteiger charge is 2.35. The molecule has 1 nitrogen and oxygen atoms in total. The first kappa shape index (κ1) is 13.3. The summed E-state index contributed by atoms with van der Waals surface area (Å²) in [6, 6.07) is 8.79. The van der Waals surface area contributed by atoms with Crippen LogP contribution in [-0.4, -0.2) is 13.1 Å². The molecule has 0 aromatic heterocycles. The van der Waals surface area contributed by atoms with Crippen LogP contribution >= 0.6 is 11.6 Å². The topological polar surface area (TPSA) is 3.24 Å². The number of piperidine rings is 1. The largest absolute Gasteiger partial charge is 0.371 e. The van der Waals surface area contributed by atoms with Crippen LogP contribution in [0, 0.1) is 5.41 Å². The van der Waals surface area contributed by atoms with Gasteiger partial charge in [-0.3, -0.25) is 0 Å². The zero-order chi connectivity index (χ0) is 13.1. The second-order valence-corrected chi connectivity index (χ2v) is 6.62. The molecule has 1 aromatic carbocycles. The van der Waals surface area contributed by atoms with Crippen LogP contribution in [0.25, 0.3) is 0 Å². The van der Waals surface area contributed by atoms with Gasteiger partial charge in [0, 0.05) is 24.7 Å². The van der Waals surface area contributed by atoms with E-state index in [1.165, 1.54) is 69.3 Å². The van der Waals surface area contributed by atoms with Crippen molar-refractivity contribution >= 4 is 17.3 Å². The van der Waals surface area contributed by atoms with E-state index in [0.717, 1.165) is 0 Å². The van der Waals surface area contributed by atoms with Gasteiger partial charge in [0.15, 0.2) is 0 Å². The van der Waals surface area contributed by atoms with Crippen LogP contribution in [0.5, 0.6) is 0 Å². The lowest BCUT2D eigenvalue weighted by atomic mass is 9.68. The fourth-order valence-electron chi connectivity index (χ4n) is 3.84. The summed E-state index contributed by atoms with van der Waals surface area (Å²) >= 11 is 5.85. The highest BCUT2D eigenvalue weighted by molar-refractivity contribution is 6.17. The zero-order valence-electron chi connectivity index (χ0n) is 11.7. The molecule has 0 atom stereocenters. The summed E-state index contributed by atoms with van der Waals surface area (Å²) in [4.78, 5) is 2.55. The van der Waals surface area contributed by atoms with Gasteiger partial charge in [-0.1, -0.05) is 31.4 Å². The highest BCUT2D eigenvalue weighted by Crippen LogP contribution is 2.45. The van der Waals surface area contributed by atoms with Crippen LogP contribution in [0.4, 0.5) is 5.69 Å². The first-order chi connectivity index (χ1) is 9.31. The van der Waals surface area contributed by atoms with E-state index >= 15 is 0 Å². The lowest BCUT2D eigenvalue weighted by Crippen LogP contribution is -2.41. The van der Waals surface area contributed by atoms with E-state index < -0.39 is 0 Å². The number of benzene rings is 1. The van der Waals surface area contributed by atoms with Crippen molar-refractivity contribution in [2.45, 2.75) is 50.8 Å². The van der Waals surface area contributed by atoms with E-state index in [2.05, 4.69) is 29.2 Å². The average molecular weight is 278 g/mol. The van der Waals surface area contributed by atoms with Gasteiger partial charge in [0.1, 0.15) is 0 Å². The van der Waals surface area contributed by atoms with Gasteiger partial charge in [-0.25, -0.2) is 0 Å². The average Bonchev–Trinajstić information content (AvgIpc) is 2.49. The third kappa shape index (κ3) is 2.91. The van der Waals surface area contributed by atoms with Gasteiger partial charge in [0.25, 0.3) is 0 Å². The minimum absolute atomic E-state index is 0.614. The van der Waals surface area contributed by atoms with Crippen molar-refractivity contribution < 1.29 is 0 Å². The van der Waals surface area contributed by atoms with E-state index in [4.69, 9.17) is 11.6 Å². The summed E-state index contributed by atoms with van der Waals surface area (Å²) in [5.74, 6) is 0.614. The van der Waals surface area contributed by atoms with Crippen LogP contribution in [0.1, 0.15) is 50.5 Å². The number of rotatable bonds is 2. The zero-order valence-corrected chi connectivity index (χ0v) is 12.5. The summed E-state index contributed by atoms with van der Waals surface area (Å²) in [5.41, 5.74) is 3.29. The Labute approximate surface area is 121 Å². The number of anilines is 1. The maximum atomic E-state index is 5.85. The van der Waals surface area contributed by atoms with Crippen LogP contribution in [0.2, 0.25) is 0 Å². The van der Waals surface area contributed by atoms with Gasteiger partial charge < -0.3 is 4.90 Å². The molecule has 0 radical (unpaired) electrons. The molecular formula is C17H24ClN. The van der Waals surface area contributed by atoms with Crippen LogP contribution < -0.4 is 4.90 Å². The van der Waals surface area contributed by atoms with E-state index in [-0.39, 0.29) is 0 Å². The Morgan fingerprint density at radius 3 is 2.11 bits per heavy atom. The number of halogens is 1. The molecule has 0 bridgehead atoms. The number of alkyl halides is 1. The Morgan fingerprint density at radius 1 is 0.895 bits per heavy atom. The van der Waals surface area contributed by atoms with Gasteiger partial charge >= 0.3 is 0 Å². The standard InChI is InChI=1S/C17H24ClN/c18-14-15-4-6-16(7-5-15)19-12-10-17(11-13-19)8-2-1-3-9-17/h4-7H,1-3,8-14H2. The van der Waals surface area contributed by atoms with Crippen molar-refractivity contribution in [2.24, 2.45) is 5.41 Å². The number of hydrogen-bond donors (Lipinski definition) is 0. The second-order valence-electron chi connectivity index (χ2n) is 6.35. The number of hydrogen-bond acceptors (Lipinski definition) is 1. The SMILES string of the molecule is ClCc1ccc(N2CCC3(CCCCC3)CC2)cc1. The van der Waals surface area contributed by atoms with Crippen molar-refractivity contribution in [3.8, 4) is 0 Å².